The van der Waals surface area contributed by atoms with Gasteiger partial charge in [0.15, 0.2) is 0 Å². The fraction of sp³-hybridized carbons (Fsp3) is 0.350. The zero-order valence-corrected chi connectivity index (χ0v) is 15.1. The molecule has 0 spiro atoms. The molecular formula is C20H25ClN2O2. The van der Waals surface area contributed by atoms with Crippen LogP contribution in [0.1, 0.15) is 41.6 Å². The quantitative estimate of drug-likeness (QED) is 0.825. The zero-order valence-electron chi connectivity index (χ0n) is 14.2. The van der Waals surface area contributed by atoms with Gasteiger partial charge in [-0.1, -0.05) is 43.2 Å². The summed E-state index contributed by atoms with van der Waals surface area (Å²) in [4.78, 5) is 12.5. The number of ether oxygens (including phenoxy) is 1. The predicted molar refractivity (Wildman–Crippen MR) is 102 cm³/mol. The number of amides is 1. The third kappa shape index (κ3) is 4.97. The fourth-order valence-electron chi connectivity index (χ4n) is 3.18. The van der Waals surface area contributed by atoms with Gasteiger partial charge in [-0.3, -0.25) is 4.79 Å². The van der Waals surface area contributed by atoms with Gasteiger partial charge in [0.1, 0.15) is 12.4 Å². The molecule has 5 heteroatoms. The highest BCUT2D eigenvalue weighted by Gasteiger charge is 2.33. The van der Waals surface area contributed by atoms with Crippen LogP contribution in [-0.4, -0.2) is 18.0 Å². The summed E-state index contributed by atoms with van der Waals surface area (Å²) < 4.78 is 5.72. The highest BCUT2D eigenvalue weighted by molar-refractivity contribution is 5.94. The number of hydrogen-bond donors (Lipinski definition) is 2. The SMILES string of the molecule is Cl.NCC1(NC(=O)c2ccc(COc3ccccc3)cc2)CCCC1. The van der Waals surface area contributed by atoms with Crippen molar-refractivity contribution in [1.82, 2.24) is 5.32 Å². The van der Waals surface area contributed by atoms with Crippen molar-refractivity contribution in [2.45, 2.75) is 37.8 Å². The average Bonchev–Trinajstić information content (AvgIpc) is 3.10. The molecule has 3 N–H and O–H groups in total. The summed E-state index contributed by atoms with van der Waals surface area (Å²) in [5.74, 6) is 0.795. The van der Waals surface area contributed by atoms with Crippen molar-refractivity contribution in [2.24, 2.45) is 5.73 Å². The second-order valence-corrected chi connectivity index (χ2v) is 6.44. The highest BCUT2D eigenvalue weighted by Crippen LogP contribution is 2.29. The molecule has 1 saturated carbocycles. The Hall–Kier alpha value is -2.04. The van der Waals surface area contributed by atoms with E-state index in [4.69, 9.17) is 10.5 Å². The van der Waals surface area contributed by atoms with E-state index >= 15 is 0 Å². The first kappa shape index (κ1) is 19.3. The van der Waals surface area contributed by atoms with Gasteiger partial charge in [0.2, 0.25) is 0 Å². The van der Waals surface area contributed by atoms with Crippen LogP contribution in [0.15, 0.2) is 54.6 Å². The van der Waals surface area contributed by atoms with Crippen LogP contribution >= 0.6 is 12.4 Å². The Kier molecular flexibility index (Phi) is 6.85. The minimum atomic E-state index is -0.216. The Labute approximate surface area is 155 Å². The molecule has 2 aromatic carbocycles. The topological polar surface area (TPSA) is 64.3 Å². The van der Waals surface area contributed by atoms with E-state index in [1.807, 2.05) is 54.6 Å². The lowest BCUT2D eigenvalue weighted by molar-refractivity contribution is 0.0903. The molecule has 0 bridgehead atoms. The number of para-hydroxylation sites is 1. The number of benzene rings is 2. The third-order valence-corrected chi connectivity index (χ3v) is 4.69. The number of carbonyl (C=O) groups excluding carboxylic acids is 1. The van der Waals surface area contributed by atoms with E-state index in [9.17, 15) is 4.79 Å². The molecule has 0 atom stereocenters. The van der Waals surface area contributed by atoms with Crippen LogP contribution < -0.4 is 15.8 Å². The fourth-order valence-corrected chi connectivity index (χ4v) is 3.18. The first-order valence-corrected chi connectivity index (χ1v) is 8.50. The van der Waals surface area contributed by atoms with E-state index in [0.29, 0.717) is 18.7 Å². The molecule has 2 aromatic rings. The van der Waals surface area contributed by atoms with Gasteiger partial charge in [-0.15, -0.1) is 12.4 Å². The van der Waals surface area contributed by atoms with Gasteiger partial charge in [0, 0.05) is 12.1 Å². The molecule has 1 aliphatic carbocycles. The lowest BCUT2D eigenvalue weighted by Gasteiger charge is -2.28. The van der Waals surface area contributed by atoms with Crippen molar-refractivity contribution >= 4 is 18.3 Å². The summed E-state index contributed by atoms with van der Waals surface area (Å²) in [6.45, 7) is 0.986. The van der Waals surface area contributed by atoms with Crippen LogP contribution in [0.5, 0.6) is 5.75 Å². The van der Waals surface area contributed by atoms with Crippen molar-refractivity contribution in [3.8, 4) is 5.75 Å². The minimum Gasteiger partial charge on any atom is -0.489 e. The Bertz CT molecular complexity index is 668. The number of halogens is 1. The highest BCUT2D eigenvalue weighted by atomic mass is 35.5. The molecule has 3 rings (SSSR count). The molecule has 0 heterocycles. The summed E-state index contributed by atoms with van der Waals surface area (Å²) in [6.07, 6.45) is 4.21. The largest absolute Gasteiger partial charge is 0.489 e. The van der Waals surface area contributed by atoms with Crippen molar-refractivity contribution in [3.05, 3.63) is 65.7 Å². The maximum absolute atomic E-state index is 12.5. The average molecular weight is 361 g/mol. The molecule has 1 aliphatic rings. The van der Waals surface area contributed by atoms with Crippen LogP contribution in [0.4, 0.5) is 0 Å². The van der Waals surface area contributed by atoms with Crippen molar-refractivity contribution in [2.75, 3.05) is 6.54 Å². The Morgan fingerprint density at radius 3 is 2.28 bits per heavy atom. The zero-order chi connectivity index (χ0) is 16.8. The maximum atomic E-state index is 12.5. The van der Waals surface area contributed by atoms with Gasteiger partial charge in [-0.2, -0.15) is 0 Å². The Morgan fingerprint density at radius 2 is 1.68 bits per heavy atom. The molecule has 0 aromatic heterocycles. The summed E-state index contributed by atoms with van der Waals surface area (Å²) in [5.41, 5.74) is 7.36. The van der Waals surface area contributed by atoms with Crippen LogP contribution in [0.2, 0.25) is 0 Å². The van der Waals surface area contributed by atoms with E-state index < -0.39 is 0 Å². The summed E-state index contributed by atoms with van der Waals surface area (Å²) >= 11 is 0. The number of carbonyl (C=O) groups is 1. The molecule has 134 valence electrons. The van der Waals surface area contributed by atoms with Gasteiger partial charge in [-0.25, -0.2) is 0 Å². The van der Waals surface area contributed by atoms with Gasteiger partial charge in [0.05, 0.1) is 5.54 Å². The molecule has 1 fully saturated rings. The van der Waals surface area contributed by atoms with Crippen LogP contribution in [0.3, 0.4) is 0 Å². The molecule has 4 nitrogen and oxygen atoms in total. The lowest BCUT2D eigenvalue weighted by Crippen LogP contribution is -2.51. The van der Waals surface area contributed by atoms with E-state index in [1.165, 1.54) is 0 Å². The second-order valence-electron chi connectivity index (χ2n) is 6.44. The van der Waals surface area contributed by atoms with Crippen molar-refractivity contribution in [3.63, 3.8) is 0 Å². The van der Waals surface area contributed by atoms with Crippen LogP contribution in [-0.2, 0) is 6.61 Å². The van der Waals surface area contributed by atoms with E-state index in [1.54, 1.807) is 0 Å². The molecule has 0 unspecified atom stereocenters. The maximum Gasteiger partial charge on any atom is 0.251 e. The first-order valence-electron chi connectivity index (χ1n) is 8.50. The number of hydrogen-bond acceptors (Lipinski definition) is 3. The predicted octanol–water partition coefficient (Wildman–Crippen LogP) is 3.69. The second kappa shape index (κ2) is 8.88. The number of nitrogens with one attached hydrogen (secondary N) is 1. The molecule has 1 amide bonds. The van der Waals surface area contributed by atoms with Crippen LogP contribution in [0, 0.1) is 0 Å². The van der Waals surface area contributed by atoms with E-state index in [0.717, 1.165) is 37.0 Å². The smallest absolute Gasteiger partial charge is 0.251 e. The van der Waals surface area contributed by atoms with Crippen molar-refractivity contribution in [1.29, 1.82) is 0 Å². The van der Waals surface area contributed by atoms with E-state index in [-0.39, 0.29) is 23.9 Å². The standard InChI is InChI=1S/C20H24N2O2.ClH/c21-15-20(12-4-5-13-20)22-19(23)17-10-8-16(9-11-17)14-24-18-6-2-1-3-7-18;/h1-3,6-11H,4-5,12-15,21H2,(H,22,23);1H. The number of nitrogens with two attached hydrogens (primary N) is 1. The third-order valence-electron chi connectivity index (χ3n) is 4.69. The molecule has 0 aliphatic heterocycles. The minimum absolute atomic E-state index is 0. The summed E-state index contributed by atoms with van der Waals surface area (Å²) in [7, 11) is 0. The summed E-state index contributed by atoms with van der Waals surface area (Å²) in [6, 6.07) is 17.3. The molecule has 0 radical (unpaired) electrons. The summed E-state index contributed by atoms with van der Waals surface area (Å²) in [5, 5.41) is 3.14. The molecular weight excluding hydrogens is 336 g/mol. The molecule has 0 saturated heterocycles. The lowest BCUT2D eigenvalue weighted by atomic mass is 9.97. The Balaban J connectivity index is 0.00000225. The Morgan fingerprint density at radius 1 is 1.04 bits per heavy atom. The van der Waals surface area contributed by atoms with Crippen LogP contribution in [0.25, 0.3) is 0 Å². The molecule has 25 heavy (non-hydrogen) atoms. The van der Waals surface area contributed by atoms with Gasteiger partial charge in [-0.05, 0) is 42.7 Å². The van der Waals surface area contributed by atoms with Gasteiger partial charge < -0.3 is 15.8 Å². The first-order chi connectivity index (χ1) is 11.7. The van der Waals surface area contributed by atoms with Gasteiger partial charge in [0.25, 0.3) is 5.91 Å². The monoisotopic (exact) mass is 360 g/mol. The van der Waals surface area contributed by atoms with Crippen molar-refractivity contribution < 1.29 is 9.53 Å². The van der Waals surface area contributed by atoms with Gasteiger partial charge >= 0.3 is 0 Å². The normalized spacial score (nSPS) is 15.2. The van der Waals surface area contributed by atoms with E-state index in [2.05, 4.69) is 5.32 Å². The number of rotatable bonds is 6.